The molecule has 27 heavy (non-hydrogen) atoms. The first kappa shape index (κ1) is 18.0. The summed E-state index contributed by atoms with van der Waals surface area (Å²) >= 11 is 0. The molecule has 0 radical (unpaired) electrons. The van der Waals surface area contributed by atoms with Gasteiger partial charge in [-0.15, -0.1) is 0 Å². The zero-order valence-electron chi connectivity index (χ0n) is 14.6. The van der Waals surface area contributed by atoms with E-state index in [-0.39, 0.29) is 5.57 Å². The topological polar surface area (TPSA) is 62.1 Å². The minimum absolute atomic E-state index is 0.0387. The summed E-state index contributed by atoms with van der Waals surface area (Å²) in [5.74, 6) is 0.288. The van der Waals surface area contributed by atoms with E-state index in [0.717, 1.165) is 16.9 Å². The van der Waals surface area contributed by atoms with E-state index in [1.807, 2.05) is 78.9 Å². The molecule has 4 heteroatoms. The van der Waals surface area contributed by atoms with Crippen LogP contribution in [-0.2, 0) is 11.4 Å². The normalized spacial score (nSPS) is 10.7. The van der Waals surface area contributed by atoms with E-state index >= 15 is 0 Å². The Morgan fingerprint density at radius 3 is 2.19 bits per heavy atom. The molecule has 0 fully saturated rings. The molecule has 0 unspecified atom stereocenters. The van der Waals surface area contributed by atoms with Gasteiger partial charge in [-0.2, -0.15) is 5.26 Å². The number of hydrogen-bond acceptors (Lipinski definition) is 3. The lowest BCUT2D eigenvalue weighted by Crippen LogP contribution is -2.13. The van der Waals surface area contributed by atoms with Crippen LogP contribution in [0.2, 0.25) is 0 Å². The highest BCUT2D eigenvalue weighted by molar-refractivity contribution is 6.09. The summed E-state index contributed by atoms with van der Waals surface area (Å²) in [5.41, 5.74) is 2.53. The Labute approximate surface area is 158 Å². The quantitative estimate of drug-likeness (QED) is 0.510. The molecule has 0 aliphatic carbocycles. The molecule has 1 N–H and O–H groups in total. The second kappa shape index (κ2) is 9.02. The summed E-state index contributed by atoms with van der Waals surface area (Å²) in [4.78, 5) is 12.2. The summed E-state index contributed by atoms with van der Waals surface area (Å²) < 4.78 is 5.74. The molecule has 0 atom stereocenters. The molecule has 0 heterocycles. The lowest BCUT2D eigenvalue weighted by atomic mass is 10.1. The van der Waals surface area contributed by atoms with Gasteiger partial charge in [0.2, 0.25) is 0 Å². The smallest absolute Gasteiger partial charge is 0.266 e. The van der Waals surface area contributed by atoms with Crippen molar-refractivity contribution in [3.05, 3.63) is 102 Å². The Morgan fingerprint density at radius 2 is 1.56 bits per heavy atom. The molecular weight excluding hydrogens is 336 g/mol. The maximum Gasteiger partial charge on any atom is 0.266 e. The zero-order valence-corrected chi connectivity index (χ0v) is 14.6. The van der Waals surface area contributed by atoms with Crippen molar-refractivity contribution >= 4 is 17.7 Å². The summed E-state index contributed by atoms with van der Waals surface area (Å²) in [6.07, 6.45) is 1.55. The van der Waals surface area contributed by atoms with Crippen LogP contribution in [-0.4, -0.2) is 5.91 Å². The number of nitrogens with zero attached hydrogens (tertiary/aromatic N) is 1. The highest BCUT2D eigenvalue weighted by atomic mass is 16.5. The van der Waals surface area contributed by atoms with Gasteiger partial charge in [0.15, 0.2) is 0 Å². The number of amides is 1. The van der Waals surface area contributed by atoms with Crippen LogP contribution in [0.25, 0.3) is 6.08 Å². The highest BCUT2D eigenvalue weighted by Crippen LogP contribution is 2.17. The Bertz CT molecular complexity index is 957. The third kappa shape index (κ3) is 5.32. The van der Waals surface area contributed by atoms with Crippen molar-refractivity contribution in [1.82, 2.24) is 0 Å². The average molecular weight is 354 g/mol. The minimum atomic E-state index is -0.437. The second-order valence-electron chi connectivity index (χ2n) is 5.83. The maximum absolute atomic E-state index is 12.2. The minimum Gasteiger partial charge on any atom is -0.489 e. The van der Waals surface area contributed by atoms with Crippen LogP contribution in [0.3, 0.4) is 0 Å². The molecule has 0 spiro atoms. The molecule has 0 bridgehead atoms. The zero-order chi connectivity index (χ0) is 18.9. The number of carbonyl (C=O) groups excluding carboxylic acids is 1. The molecule has 132 valence electrons. The molecule has 0 aliphatic heterocycles. The first-order valence-corrected chi connectivity index (χ1v) is 8.49. The van der Waals surface area contributed by atoms with Crippen LogP contribution in [0.15, 0.2) is 90.5 Å². The van der Waals surface area contributed by atoms with Gasteiger partial charge < -0.3 is 10.1 Å². The van der Waals surface area contributed by atoms with Crippen LogP contribution < -0.4 is 10.1 Å². The average Bonchev–Trinajstić information content (AvgIpc) is 2.73. The predicted octanol–water partition coefficient (Wildman–Crippen LogP) is 4.81. The molecule has 4 nitrogen and oxygen atoms in total. The Balaban J connectivity index is 1.64. The number of anilines is 1. The number of benzene rings is 3. The molecule has 3 rings (SSSR count). The van der Waals surface area contributed by atoms with Crippen LogP contribution in [0, 0.1) is 11.3 Å². The van der Waals surface area contributed by atoms with E-state index in [1.165, 1.54) is 0 Å². The van der Waals surface area contributed by atoms with Gasteiger partial charge in [0.1, 0.15) is 24.0 Å². The van der Waals surface area contributed by atoms with Gasteiger partial charge in [0, 0.05) is 5.69 Å². The van der Waals surface area contributed by atoms with Gasteiger partial charge in [0.05, 0.1) is 0 Å². The summed E-state index contributed by atoms with van der Waals surface area (Å²) in [7, 11) is 0. The number of nitrogens with one attached hydrogen (secondary N) is 1. The largest absolute Gasteiger partial charge is 0.489 e. The van der Waals surface area contributed by atoms with Crippen molar-refractivity contribution < 1.29 is 9.53 Å². The summed E-state index contributed by atoms with van der Waals surface area (Å²) in [6, 6.07) is 28.2. The first-order valence-electron chi connectivity index (χ1n) is 8.49. The number of para-hydroxylation sites is 1. The number of nitriles is 1. The Morgan fingerprint density at radius 1 is 0.926 bits per heavy atom. The monoisotopic (exact) mass is 354 g/mol. The predicted molar refractivity (Wildman–Crippen MR) is 106 cm³/mol. The van der Waals surface area contributed by atoms with E-state index in [9.17, 15) is 10.1 Å². The molecule has 3 aromatic rings. The van der Waals surface area contributed by atoms with Gasteiger partial charge in [-0.1, -0.05) is 60.7 Å². The van der Waals surface area contributed by atoms with Crippen molar-refractivity contribution in [3.8, 4) is 11.8 Å². The van der Waals surface area contributed by atoms with Crippen LogP contribution >= 0.6 is 0 Å². The highest BCUT2D eigenvalue weighted by Gasteiger charge is 2.09. The van der Waals surface area contributed by atoms with E-state index in [1.54, 1.807) is 18.2 Å². The van der Waals surface area contributed by atoms with Crippen LogP contribution in [0.1, 0.15) is 11.1 Å². The summed E-state index contributed by atoms with van der Waals surface area (Å²) in [5, 5.41) is 12.0. The number of rotatable bonds is 6. The molecule has 0 aromatic heterocycles. The molecule has 0 saturated heterocycles. The van der Waals surface area contributed by atoms with Crippen LogP contribution in [0.5, 0.6) is 5.75 Å². The lowest BCUT2D eigenvalue weighted by molar-refractivity contribution is -0.112. The van der Waals surface area contributed by atoms with E-state index in [2.05, 4.69) is 5.32 Å². The molecule has 0 saturated carbocycles. The van der Waals surface area contributed by atoms with Gasteiger partial charge in [-0.3, -0.25) is 4.79 Å². The fourth-order valence-corrected chi connectivity index (χ4v) is 2.44. The van der Waals surface area contributed by atoms with E-state index in [4.69, 9.17) is 4.74 Å². The lowest BCUT2D eigenvalue weighted by Gasteiger charge is -2.07. The standard InChI is InChI=1S/C23H18N2O2/c24-16-20(23(26)25-21-9-5-2-6-10-21)15-18-11-13-22(14-12-18)27-17-19-7-3-1-4-8-19/h1-15H,17H2,(H,25,26)/b20-15+. The van der Waals surface area contributed by atoms with Gasteiger partial charge in [-0.25, -0.2) is 0 Å². The number of carbonyl (C=O) groups is 1. The van der Waals surface area contributed by atoms with Gasteiger partial charge in [-0.05, 0) is 41.5 Å². The number of ether oxygens (including phenoxy) is 1. The maximum atomic E-state index is 12.2. The van der Waals surface area contributed by atoms with Crippen molar-refractivity contribution in [2.24, 2.45) is 0 Å². The molecule has 0 aliphatic rings. The molecule has 1 amide bonds. The third-order valence-electron chi connectivity index (χ3n) is 3.84. The van der Waals surface area contributed by atoms with Gasteiger partial charge >= 0.3 is 0 Å². The van der Waals surface area contributed by atoms with Gasteiger partial charge in [0.25, 0.3) is 5.91 Å². The Kier molecular flexibility index (Phi) is 6.00. The SMILES string of the molecule is N#C/C(=C\c1ccc(OCc2ccccc2)cc1)C(=O)Nc1ccccc1. The van der Waals surface area contributed by atoms with Crippen molar-refractivity contribution in [1.29, 1.82) is 5.26 Å². The van der Waals surface area contributed by atoms with Crippen molar-refractivity contribution in [2.75, 3.05) is 5.32 Å². The van der Waals surface area contributed by atoms with Crippen LogP contribution in [0.4, 0.5) is 5.69 Å². The fourth-order valence-electron chi connectivity index (χ4n) is 2.44. The Hall–Kier alpha value is -3.84. The third-order valence-corrected chi connectivity index (χ3v) is 3.84. The number of hydrogen-bond donors (Lipinski definition) is 1. The van der Waals surface area contributed by atoms with Crippen molar-refractivity contribution in [2.45, 2.75) is 6.61 Å². The molecule has 3 aromatic carbocycles. The van der Waals surface area contributed by atoms with E-state index < -0.39 is 5.91 Å². The first-order chi connectivity index (χ1) is 13.2. The van der Waals surface area contributed by atoms with Crippen molar-refractivity contribution in [3.63, 3.8) is 0 Å². The summed E-state index contributed by atoms with van der Waals surface area (Å²) in [6.45, 7) is 0.485. The fraction of sp³-hybridized carbons (Fsp3) is 0.0435. The molecular formula is C23H18N2O2. The second-order valence-corrected chi connectivity index (χ2v) is 5.83. The van der Waals surface area contributed by atoms with E-state index in [0.29, 0.717) is 12.3 Å².